The summed E-state index contributed by atoms with van der Waals surface area (Å²) < 4.78 is 46.1. The van der Waals surface area contributed by atoms with Gasteiger partial charge in [-0.3, -0.25) is 15.5 Å². The van der Waals surface area contributed by atoms with Crippen LogP contribution in [0.15, 0.2) is 35.0 Å². The number of carbonyl (C=O) groups is 1. The molecule has 1 aromatic carbocycles. The van der Waals surface area contributed by atoms with Crippen molar-refractivity contribution in [3.63, 3.8) is 0 Å². The third kappa shape index (κ3) is 3.45. The molecule has 3 N–H and O–H groups in total. The molecular formula is C20H20F3N5O2. The van der Waals surface area contributed by atoms with Gasteiger partial charge in [0.2, 0.25) is 5.96 Å². The van der Waals surface area contributed by atoms with E-state index in [1.54, 1.807) is 6.07 Å². The smallest absolute Gasteiger partial charge is 0.374 e. The Morgan fingerprint density at radius 3 is 2.73 bits per heavy atom. The number of hydrogen-bond acceptors (Lipinski definition) is 5. The molecule has 1 aliphatic carbocycles. The van der Waals surface area contributed by atoms with E-state index in [4.69, 9.17) is 10.1 Å². The Hall–Kier alpha value is -2.88. The molecular weight excluding hydrogens is 399 g/mol. The van der Waals surface area contributed by atoms with Crippen molar-refractivity contribution in [3.05, 3.63) is 41.1 Å². The predicted molar refractivity (Wildman–Crippen MR) is 103 cm³/mol. The number of amides is 1. The Labute approximate surface area is 170 Å². The minimum absolute atomic E-state index is 0.0989. The first-order valence-corrected chi connectivity index (χ1v) is 9.84. The van der Waals surface area contributed by atoms with E-state index in [2.05, 4.69) is 15.6 Å². The number of anilines is 1. The zero-order valence-electron chi connectivity index (χ0n) is 15.9. The molecule has 1 saturated carbocycles. The van der Waals surface area contributed by atoms with E-state index < -0.39 is 17.6 Å². The minimum Gasteiger partial charge on any atom is -0.374 e. The van der Waals surface area contributed by atoms with Crippen LogP contribution in [-0.4, -0.2) is 47.9 Å². The van der Waals surface area contributed by atoms with Crippen molar-refractivity contribution in [2.45, 2.75) is 43.5 Å². The van der Waals surface area contributed by atoms with Gasteiger partial charge in [0.05, 0.1) is 35.6 Å². The number of fused-ring (bicyclic) bond motifs is 2. The Morgan fingerprint density at radius 1 is 1.33 bits per heavy atom. The SMILES string of the molecule is N=C1N=C(N2C[C@H]3C[C@@H]2CO3)NC(=O)/C1=C/Nc1ccc(C2CC2)cc1C(F)(F)F. The highest BCUT2D eigenvalue weighted by Gasteiger charge is 2.42. The molecule has 0 unspecified atom stereocenters. The largest absolute Gasteiger partial charge is 0.418 e. The van der Waals surface area contributed by atoms with Gasteiger partial charge in [-0.15, -0.1) is 0 Å². The quantitative estimate of drug-likeness (QED) is 0.658. The monoisotopic (exact) mass is 419 g/mol. The zero-order chi connectivity index (χ0) is 21.0. The van der Waals surface area contributed by atoms with Crippen LogP contribution in [-0.2, 0) is 15.7 Å². The second-order valence-electron chi connectivity index (χ2n) is 8.01. The standard InChI is InChI=1S/C20H20F3N5O2/c21-20(22,23)15-5-11(10-1-2-10)3-4-16(15)25-7-14-17(24)26-19(27-18(14)29)28-8-13-6-12(28)9-30-13/h3-5,7,10,12-13,25H,1-2,6,8-9H2,(H2,24,26,27,29)/b14-7+/t12-,13-/m1/s1. The third-order valence-corrected chi connectivity index (χ3v) is 5.89. The van der Waals surface area contributed by atoms with Crippen molar-refractivity contribution in [3.8, 4) is 0 Å². The molecule has 3 aliphatic heterocycles. The van der Waals surface area contributed by atoms with Crippen LogP contribution in [0, 0.1) is 5.41 Å². The van der Waals surface area contributed by atoms with Crippen LogP contribution >= 0.6 is 0 Å². The van der Waals surface area contributed by atoms with Crippen LogP contribution in [0.25, 0.3) is 0 Å². The summed E-state index contributed by atoms with van der Waals surface area (Å²) in [5.41, 5.74) is -0.409. The molecule has 158 valence electrons. The van der Waals surface area contributed by atoms with E-state index in [0.29, 0.717) is 24.7 Å². The number of guanidine groups is 1. The molecule has 3 fully saturated rings. The summed E-state index contributed by atoms with van der Waals surface area (Å²) in [6.07, 6.45) is -0.673. The number of aliphatic imine (C=N–C) groups is 1. The van der Waals surface area contributed by atoms with Gasteiger partial charge in [0, 0.05) is 12.7 Å². The van der Waals surface area contributed by atoms with Gasteiger partial charge in [-0.1, -0.05) is 6.07 Å². The van der Waals surface area contributed by atoms with Crippen molar-refractivity contribution in [1.82, 2.24) is 10.2 Å². The molecule has 30 heavy (non-hydrogen) atoms. The van der Waals surface area contributed by atoms with Gasteiger partial charge in [0.1, 0.15) is 0 Å². The summed E-state index contributed by atoms with van der Waals surface area (Å²) >= 11 is 0. The molecule has 2 saturated heterocycles. The first-order valence-electron chi connectivity index (χ1n) is 9.84. The minimum atomic E-state index is -4.53. The highest BCUT2D eigenvalue weighted by molar-refractivity contribution is 6.28. The van der Waals surface area contributed by atoms with Crippen LogP contribution in [0.3, 0.4) is 0 Å². The fraction of sp³-hybridized carbons (Fsp3) is 0.450. The van der Waals surface area contributed by atoms with Crippen molar-refractivity contribution in [2.24, 2.45) is 4.99 Å². The van der Waals surface area contributed by atoms with E-state index in [9.17, 15) is 18.0 Å². The highest BCUT2D eigenvalue weighted by Crippen LogP contribution is 2.44. The molecule has 2 atom stereocenters. The Bertz CT molecular complexity index is 983. The highest BCUT2D eigenvalue weighted by atomic mass is 19.4. The average molecular weight is 419 g/mol. The zero-order valence-corrected chi connectivity index (χ0v) is 15.9. The molecule has 4 aliphatic rings. The van der Waals surface area contributed by atoms with Gasteiger partial charge in [-0.25, -0.2) is 0 Å². The summed E-state index contributed by atoms with van der Waals surface area (Å²) in [5, 5.41) is 13.3. The van der Waals surface area contributed by atoms with Gasteiger partial charge < -0.3 is 15.0 Å². The number of ether oxygens (including phenoxy) is 1. The fourth-order valence-corrected chi connectivity index (χ4v) is 4.14. The maximum atomic E-state index is 13.5. The predicted octanol–water partition coefficient (Wildman–Crippen LogP) is 2.81. The summed E-state index contributed by atoms with van der Waals surface area (Å²) in [7, 11) is 0. The summed E-state index contributed by atoms with van der Waals surface area (Å²) in [4.78, 5) is 18.6. The molecule has 10 heteroatoms. The van der Waals surface area contributed by atoms with E-state index in [-0.39, 0.29) is 35.2 Å². The van der Waals surface area contributed by atoms with Crippen molar-refractivity contribution in [2.75, 3.05) is 18.5 Å². The van der Waals surface area contributed by atoms with E-state index in [1.807, 2.05) is 4.90 Å². The fourth-order valence-electron chi connectivity index (χ4n) is 4.14. The maximum Gasteiger partial charge on any atom is 0.418 e. The van der Waals surface area contributed by atoms with E-state index in [1.165, 1.54) is 6.07 Å². The van der Waals surface area contributed by atoms with Crippen molar-refractivity contribution in [1.29, 1.82) is 5.41 Å². The third-order valence-electron chi connectivity index (χ3n) is 5.89. The lowest BCUT2D eigenvalue weighted by Gasteiger charge is -2.31. The number of benzene rings is 1. The molecule has 0 radical (unpaired) electrons. The number of nitrogens with zero attached hydrogens (tertiary/aromatic N) is 2. The Kier molecular flexibility index (Phi) is 4.35. The van der Waals surface area contributed by atoms with Crippen LogP contribution < -0.4 is 10.6 Å². The van der Waals surface area contributed by atoms with Crippen LogP contribution in [0.1, 0.15) is 36.3 Å². The molecule has 2 bridgehead atoms. The number of hydrogen-bond donors (Lipinski definition) is 3. The van der Waals surface area contributed by atoms with E-state index in [0.717, 1.165) is 31.5 Å². The van der Waals surface area contributed by atoms with Gasteiger partial charge >= 0.3 is 6.18 Å². The lowest BCUT2D eigenvalue weighted by Crippen LogP contribution is -2.52. The van der Waals surface area contributed by atoms with Crippen LogP contribution in [0.4, 0.5) is 18.9 Å². The number of amidine groups is 1. The second kappa shape index (κ2) is 6.83. The maximum absolute atomic E-state index is 13.5. The van der Waals surface area contributed by atoms with Crippen molar-refractivity contribution >= 4 is 23.4 Å². The number of halogens is 3. The second-order valence-corrected chi connectivity index (χ2v) is 8.01. The number of likely N-dealkylation sites (tertiary alicyclic amines) is 1. The van der Waals surface area contributed by atoms with Crippen LogP contribution in [0.5, 0.6) is 0 Å². The number of alkyl halides is 3. The number of nitrogens with one attached hydrogen (secondary N) is 3. The molecule has 3 heterocycles. The van der Waals surface area contributed by atoms with Crippen molar-refractivity contribution < 1.29 is 22.7 Å². The van der Waals surface area contributed by atoms with Gasteiger partial charge in [0.25, 0.3) is 5.91 Å². The lowest BCUT2D eigenvalue weighted by atomic mass is 10.0. The molecule has 5 rings (SSSR count). The number of morpholine rings is 1. The normalized spacial score (nSPS) is 27.5. The van der Waals surface area contributed by atoms with Gasteiger partial charge in [-0.05, 0) is 42.9 Å². The van der Waals surface area contributed by atoms with Crippen LogP contribution in [0.2, 0.25) is 0 Å². The Balaban J connectivity index is 1.37. The summed E-state index contributed by atoms with van der Waals surface area (Å²) in [6.45, 7) is 1.14. The first kappa shape index (κ1) is 19.1. The molecule has 1 aromatic rings. The molecule has 7 nitrogen and oxygen atoms in total. The molecule has 0 aromatic heterocycles. The average Bonchev–Trinajstić information content (AvgIpc) is 3.32. The first-order chi connectivity index (χ1) is 14.3. The Morgan fingerprint density at radius 2 is 2.13 bits per heavy atom. The lowest BCUT2D eigenvalue weighted by molar-refractivity contribution is -0.137. The summed E-state index contributed by atoms with van der Waals surface area (Å²) in [5.74, 6) is -0.394. The summed E-state index contributed by atoms with van der Waals surface area (Å²) in [6, 6.07) is 4.31. The van der Waals surface area contributed by atoms with E-state index >= 15 is 0 Å². The van der Waals surface area contributed by atoms with Gasteiger partial charge in [-0.2, -0.15) is 18.2 Å². The molecule has 0 spiro atoms. The molecule has 1 amide bonds. The topological polar surface area (TPSA) is 89.8 Å². The van der Waals surface area contributed by atoms with Gasteiger partial charge in [0.15, 0.2) is 5.84 Å². The number of rotatable bonds is 3. The number of carbonyl (C=O) groups excluding carboxylic acids is 1.